The van der Waals surface area contributed by atoms with E-state index in [9.17, 15) is 9.50 Å². The third-order valence-electron chi connectivity index (χ3n) is 4.29. The summed E-state index contributed by atoms with van der Waals surface area (Å²) in [6.45, 7) is 2.23. The summed E-state index contributed by atoms with van der Waals surface area (Å²) in [5.41, 5.74) is 3.80. The number of fused-ring (bicyclic) bond motifs is 3. The van der Waals surface area contributed by atoms with Crippen molar-refractivity contribution in [3.05, 3.63) is 65.7 Å². The minimum atomic E-state index is -0.685. The van der Waals surface area contributed by atoms with Crippen molar-refractivity contribution in [2.75, 3.05) is 0 Å². The fraction of sp³-hybridized carbons (Fsp3) is 0.211. The first-order chi connectivity index (χ1) is 11.7. The van der Waals surface area contributed by atoms with Crippen LogP contribution in [0.4, 0.5) is 4.39 Å². The van der Waals surface area contributed by atoms with Crippen LogP contribution < -0.4 is 4.74 Å². The van der Waals surface area contributed by atoms with Crippen LogP contribution in [0.1, 0.15) is 30.8 Å². The molecule has 2 heterocycles. The lowest BCUT2D eigenvalue weighted by atomic mass is 9.99. The van der Waals surface area contributed by atoms with Gasteiger partial charge < -0.3 is 9.84 Å². The third kappa shape index (κ3) is 2.29. The normalized spacial score (nSPS) is 13.8. The zero-order chi connectivity index (χ0) is 16.7. The third-order valence-corrected chi connectivity index (χ3v) is 4.29. The summed E-state index contributed by atoms with van der Waals surface area (Å²) in [6.07, 6.45) is -0.136. The van der Waals surface area contributed by atoms with E-state index in [0.29, 0.717) is 30.2 Å². The SMILES string of the molecule is CCC(O)c1nn2c(c1-c1ccccc1)COc1ccc(F)cc1-2. The van der Waals surface area contributed by atoms with Crippen LogP contribution in [0, 0.1) is 5.82 Å². The maximum absolute atomic E-state index is 13.7. The molecule has 24 heavy (non-hydrogen) atoms. The van der Waals surface area contributed by atoms with E-state index in [2.05, 4.69) is 5.10 Å². The molecule has 1 N–H and O–H groups in total. The van der Waals surface area contributed by atoms with Crippen molar-refractivity contribution < 1.29 is 14.2 Å². The Bertz CT molecular complexity index is 890. The molecule has 1 aliphatic rings. The maximum atomic E-state index is 13.7. The van der Waals surface area contributed by atoms with Crippen LogP contribution in [-0.4, -0.2) is 14.9 Å². The van der Waals surface area contributed by atoms with Crippen LogP contribution in [0.25, 0.3) is 16.8 Å². The number of aromatic nitrogens is 2. The van der Waals surface area contributed by atoms with Crippen molar-refractivity contribution in [2.45, 2.75) is 26.1 Å². The first kappa shape index (κ1) is 14.9. The van der Waals surface area contributed by atoms with Crippen LogP contribution in [0.5, 0.6) is 5.75 Å². The minimum Gasteiger partial charge on any atom is -0.485 e. The first-order valence-corrected chi connectivity index (χ1v) is 7.97. The molecular formula is C19H17FN2O2. The number of rotatable bonds is 3. The average molecular weight is 324 g/mol. The Hall–Kier alpha value is -2.66. The molecule has 0 saturated carbocycles. The van der Waals surface area contributed by atoms with Crippen molar-refractivity contribution in [3.63, 3.8) is 0 Å². The van der Waals surface area contributed by atoms with E-state index in [1.165, 1.54) is 12.1 Å². The van der Waals surface area contributed by atoms with Gasteiger partial charge >= 0.3 is 0 Å². The Balaban J connectivity index is 1.98. The van der Waals surface area contributed by atoms with Crippen LogP contribution >= 0.6 is 0 Å². The molecule has 0 bridgehead atoms. The molecule has 0 fully saturated rings. The molecule has 0 saturated heterocycles. The van der Waals surface area contributed by atoms with Gasteiger partial charge in [0.2, 0.25) is 0 Å². The van der Waals surface area contributed by atoms with Gasteiger partial charge in [-0.05, 0) is 24.1 Å². The lowest BCUT2D eigenvalue weighted by Gasteiger charge is -2.20. The summed E-state index contributed by atoms with van der Waals surface area (Å²) in [5.74, 6) is 0.239. The summed E-state index contributed by atoms with van der Waals surface area (Å²) in [4.78, 5) is 0. The highest BCUT2D eigenvalue weighted by atomic mass is 19.1. The van der Waals surface area contributed by atoms with Crippen LogP contribution in [-0.2, 0) is 6.61 Å². The zero-order valence-electron chi connectivity index (χ0n) is 13.2. The van der Waals surface area contributed by atoms with E-state index >= 15 is 0 Å². The van der Waals surface area contributed by atoms with Gasteiger partial charge in [-0.25, -0.2) is 9.07 Å². The number of ether oxygens (including phenoxy) is 1. The minimum absolute atomic E-state index is 0.326. The summed E-state index contributed by atoms with van der Waals surface area (Å²) in [6, 6.07) is 14.2. The van der Waals surface area contributed by atoms with Crippen molar-refractivity contribution in [2.24, 2.45) is 0 Å². The highest BCUT2D eigenvalue weighted by molar-refractivity contribution is 5.71. The van der Waals surface area contributed by atoms with Crippen molar-refractivity contribution >= 4 is 0 Å². The van der Waals surface area contributed by atoms with Gasteiger partial charge in [-0.3, -0.25) is 0 Å². The van der Waals surface area contributed by atoms with Crippen molar-refractivity contribution in [1.82, 2.24) is 9.78 Å². The molecule has 1 aliphatic heterocycles. The molecule has 4 nitrogen and oxygen atoms in total. The van der Waals surface area contributed by atoms with Gasteiger partial charge in [-0.2, -0.15) is 5.10 Å². The van der Waals surface area contributed by atoms with Gasteiger partial charge in [0.05, 0.1) is 17.5 Å². The first-order valence-electron chi connectivity index (χ1n) is 7.97. The fourth-order valence-corrected chi connectivity index (χ4v) is 3.07. The molecule has 0 radical (unpaired) electrons. The second-order valence-electron chi connectivity index (χ2n) is 5.81. The summed E-state index contributed by atoms with van der Waals surface area (Å²) in [7, 11) is 0. The van der Waals surface area contributed by atoms with E-state index in [-0.39, 0.29) is 5.82 Å². The number of hydrogen-bond donors (Lipinski definition) is 1. The second-order valence-corrected chi connectivity index (χ2v) is 5.81. The molecular weight excluding hydrogens is 307 g/mol. The van der Waals surface area contributed by atoms with Crippen LogP contribution in [0.3, 0.4) is 0 Å². The van der Waals surface area contributed by atoms with E-state index in [4.69, 9.17) is 4.74 Å². The molecule has 1 atom stereocenters. The Morgan fingerprint density at radius 1 is 1.25 bits per heavy atom. The van der Waals surface area contributed by atoms with Gasteiger partial charge in [0.15, 0.2) is 0 Å². The molecule has 2 aromatic carbocycles. The average Bonchev–Trinajstić information content (AvgIpc) is 3.01. The lowest BCUT2D eigenvalue weighted by molar-refractivity contribution is 0.169. The van der Waals surface area contributed by atoms with E-state index in [1.807, 2.05) is 37.3 Å². The van der Waals surface area contributed by atoms with E-state index < -0.39 is 6.10 Å². The molecule has 3 aromatic rings. The zero-order valence-corrected chi connectivity index (χ0v) is 13.2. The standard InChI is InChI=1S/C19H17FN2O2/c1-2-16(23)19-18(12-6-4-3-5-7-12)15-11-24-17-9-8-13(20)10-14(17)22(15)21-19/h3-10,16,23H,2,11H2,1H3. The number of benzene rings is 2. The van der Waals surface area contributed by atoms with Gasteiger partial charge in [0.1, 0.15) is 23.9 Å². The van der Waals surface area contributed by atoms with Gasteiger partial charge in [0.25, 0.3) is 0 Å². The van der Waals surface area contributed by atoms with Crippen molar-refractivity contribution in [1.29, 1.82) is 0 Å². The van der Waals surface area contributed by atoms with Gasteiger partial charge in [-0.15, -0.1) is 0 Å². The number of nitrogens with zero attached hydrogens (tertiary/aromatic N) is 2. The topological polar surface area (TPSA) is 47.3 Å². The molecule has 5 heteroatoms. The molecule has 0 aliphatic carbocycles. The monoisotopic (exact) mass is 324 g/mol. The Labute approximate surface area is 139 Å². The Morgan fingerprint density at radius 3 is 2.79 bits per heavy atom. The summed E-state index contributed by atoms with van der Waals surface area (Å²) < 4.78 is 21.2. The van der Waals surface area contributed by atoms with Crippen LogP contribution in [0.15, 0.2) is 48.5 Å². The van der Waals surface area contributed by atoms with Crippen LogP contribution in [0.2, 0.25) is 0 Å². The molecule has 0 spiro atoms. The van der Waals surface area contributed by atoms with Gasteiger partial charge in [-0.1, -0.05) is 37.3 Å². The second kappa shape index (κ2) is 5.76. The predicted molar refractivity (Wildman–Crippen MR) is 88.5 cm³/mol. The maximum Gasteiger partial charge on any atom is 0.145 e. The van der Waals surface area contributed by atoms with Gasteiger partial charge in [0, 0.05) is 11.6 Å². The number of aliphatic hydroxyl groups is 1. The molecule has 0 amide bonds. The molecule has 1 unspecified atom stereocenters. The van der Waals surface area contributed by atoms with E-state index in [1.54, 1.807) is 10.7 Å². The number of halogens is 1. The molecule has 122 valence electrons. The Kier molecular flexibility index (Phi) is 3.58. The fourth-order valence-electron chi connectivity index (χ4n) is 3.07. The summed E-state index contributed by atoms with van der Waals surface area (Å²) in [5, 5.41) is 15.0. The smallest absolute Gasteiger partial charge is 0.145 e. The number of aliphatic hydroxyl groups excluding tert-OH is 1. The highest BCUT2D eigenvalue weighted by Gasteiger charge is 2.28. The number of hydrogen-bond acceptors (Lipinski definition) is 3. The lowest BCUT2D eigenvalue weighted by Crippen LogP contribution is -2.14. The summed E-state index contributed by atoms with van der Waals surface area (Å²) >= 11 is 0. The highest BCUT2D eigenvalue weighted by Crippen LogP contribution is 2.39. The predicted octanol–water partition coefficient (Wildman–Crippen LogP) is 4.01. The van der Waals surface area contributed by atoms with Crippen molar-refractivity contribution in [3.8, 4) is 22.6 Å². The quantitative estimate of drug-likeness (QED) is 0.792. The molecule has 1 aromatic heterocycles. The largest absolute Gasteiger partial charge is 0.485 e. The molecule has 4 rings (SSSR count). The van der Waals surface area contributed by atoms with E-state index in [0.717, 1.165) is 16.8 Å². The Morgan fingerprint density at radius 2 is 2.04 bits per heavy atom.